The third-order valence-electron chi connectivity index (χ3n) is 14.0. The van der Waals surface area contributed by atoms with Crippen molar-refractivity contribution >= 4 is 5.91 Å². The number of nitrogens with one attached hydrogen (secondary N) is 1. The summed E-state index contributed by atoms with van der Waals surface area (Å²) in [6, 6.07) is -0.802. The first-order valence-corrected chi connectivity index (χ1v) is 29.2. The van der Waals surface area contributed by atoms with Crippen molar-refractivity contribution in [2.75, 3.05) is 13.2 Å². The lowest BCUT2D eigenvalue weighted by molar-refractivity contribution is -0.302. The number of rotatable bonds is 50. The molecule has 1 aliphatic rings. The topological polar surface area (TPSA) is 149 Å². The number of aliphatic hydroxyl groups is 5. The van der Waals surface area contributed by atoms with Crippen LogP contribution >= 0.6 is 0 Å². The monoisotopic (exact) mass is 962 g/mol. The number of unbranched alkanes of at least 4 members (excludes halogenated alkanes) is 36. The van der Waals surface area contributed by atoms with Crippen LogP contribution in [0.25, 0.3) is 0 Å². The zero-order valence-electron chi connectivity index (χ0n) is 44.4. The normalized spacial score (nSPS) is 19.8. The summed E-state index contributed by atoms with van der Waals surface area (Å²) >= 11 is 0. The number of hydrogen-bond acceptors (Lipinski definition) is 8. The average Bonchev–Trinajstić information content (AvgIpc) is 3.34. The Morgan fingerprint density at radius 1 is 0.500 bits per heavy atom. The van der Waals surface area contributed by atoms with Gasteiger partial charge in [0, 0.05) is 6.42 Å². The van der Waals surface area contributed by atoms with Gasteiger partial charge in [0.1, 0.15) is 24.4 Å². The van der Waals surface area contributed by atoms with E-state index in [9.17, 15) is 30.3 Å². The van der Waals surface area contributed by atoms with E-state index in [1.54, 1.807) is 6.08 Å². The van der Waals surface area contributed by atoms with E-state index in [1.165, 1.54) is 212 Å². The van der Waals surface area contributed by atoms with Crippen LogP contribution in [0.5, 0.6) is 0 Å². The maximum absolute atomic E-state index is 13.0. The quantitative estimate of drug-likeness (QED) is 0.0261. The first-order valence-electron chi connectivity index (χ1n) is 29.2. The lowest BCUT2D eigenvalue weighted by Gasteiger charge is -2.40. The molecule has 0 aromatic carbocycles. The molecule has 400 valence electrons. The second-order valence-electron chi connectivity index (χ2n) is 20.4. The summed E-state index contributed by atoms with van der Waals surface area (Å²) in [5.74, 6) is -0.173. The molecule has 6 N–H and O–H groups in total. The first kappa shape index (κ1) is 64.4. The molecule has 0 aromatic heterocycles. The first-order chi connectivity index (χ1) is 33.3. The Balaban J connectivity index is 2.13. The molecule has 0 aromatic rings. The van der Waals surface area contributed by atoms with Crippen molar-refractivity contribution in [1.29, 1.82) is 0 Å². The summed E-state index contributed by atoms with van der Waals surface area (Å²) in [4.78, 5) is 13.0. The van der Waals surface area contributed by atoms with Crippen molar-refractivity contribution in [2.24, 2.45) is 0 Å². The number of carbonyl (C=O) groups is 1. The third kappa shape index (κ3) is 38.1. The number of ether oxygens (including phenoxy) is 2. The fraction of sp³-hybridized carbons (Fsp3) is 0.881. The van der Waals surface area contributed by atoms with Gasteiger partial charge in [-0.2, -0.15) is 0 Å². The van der Waals surface area contributed by atoms with Gasteiger partial charge in [-0.1, -0.05) is 256 Å². The predicted octanol–water partition coefficient (Wildman–Crippen LogP) is 14.4. The van der Waals surface area contributed by atoms with E-state index < -0.39 is 49.5 Å². The molecule has 1 amide bonds. The molecule has 1 saturated heterocycles. The Bertz CT molecular complexity index is 1160. The summed E-state index contributed by atoms with van der Waals surface area (Å²) in [6.07, 6.45) is 56.5. The van der Waals surface area contributed by atoms with Crippen molar-refractivity contribution < 1.29 is 39.8 Å². The van der Waals surface area contributed by atoms with E-state index in [0.717, 1.165) is 44.9 Å². The van der Waals surface area contributed by atoms with Crippen LogP contribution in [0.1, 0.15) is 277 Å². The summed E-state index contributed by atoms with van der Waals surface area (Å²) in [6.45, 7) is 3.78. The SMILES string of the molecule is CCCCCCC/C=C\C/C=C\CCCCCCCCCCCCCCCCCCCCCC(=O)NC(COC1OC(CO)C(O)C(O)C1O)C(O)/C=C/CCCCCCCCCCCCCC. The molecule has 0 saturated carbocycles. The second-order valence-corrected chi connectivity index (χ2v) is 20.4. The van der Waals surface area contributed by atoms with E-state index in [1.807, 2.05) is 6.08 Å². The molecule has 1 fully saturated rings. The van der Waals surface area contributed by atoms with Gasteiger partial charge in [-0.25, -0.2) is 0 Å². The minimum absolute atomic E-state index is 0.173. The van der Waals surface area contributed by atoms with E-state index >= 15 is 0 Å². The van der Waals surface area contributed by atoms with Crippen molar-refractivity contribution in [3.63, 3.8) is 0 Å². The Morgan fingerprint density at radius 2 is 0.868 bits per heavy atom. The van der Waals surface area contributed by atoms with E-state index in [4.69, 9.17) is 9.47 Å². The second kappa shape index (κ2) is 49.0. The largest absolute Gasteiger partial charge is 0.394 e. The fourth-order valence-electron chi connectivity index (χ4n) is 9.31. The van der Waals surface area contributed by atoms with Crippen LogP contribution in [0, 0.1) is 0 Å². The van der Waals surface area contributed by atoms with Crippen LogP contribution in [0.4, 0.5) is 0 Å². The molecule has 1 rings (SSSR count). The molecule has 7 atom stereocenters. The summed E-state index contributed by atoms with van der Waals surface area (Å²) < 4.78 is 11.3. The highest BCUT2D eigenvalue weighted by molar-refractivity contribution is 5.76. The Hall–Kier alpha value is -1.59. The van der Waals surface area contributed by atoms with Gasteiger partial charge < -0.3 is 40.3 Å². The van der Waals surface area contributed by atoms with Crippen LogP contribution in [0.15, 0.2) is 36.5 Å². The highest BCUT2D eigenvalue weighted by Gasteiger charge is 2.44. The van der Waals surface area contributed by atoms with Gasteiger partial charge in [0.15, 0.2) is 6.29 Å². The molecule has 1 aliphatic heterocycles. The molecule has 7 unspecified atom stereocenters. The van der Waals surface area contributed by atoms with Gasteiger partial charge in [-0.15, -0.1) is 0 Å². The van der Waals surface area contributed by atoms with E-state index in [0.29, 0.717) is 6.42 Å². The number of allylic oxidation sites excluding steroid dienone is 5. The molecule has 9 nitrogen and oxygen atoms in total. The van der Waals surface area contributed by atoms with Crippen LogP contribution in [-0.2, 0) is 14.3 Å². The van der Waals surface area contributed by atoms with Gasteiger partial charge in [-0.3, -0.25) is 4.79 Å². The van der Waals surface area contributed by atoms with Crippen LogP contribution in [0.3, 0.4) is 0 Å². The maximum Gasteiger partial charge on any atom is 0.220 e. The lowest BCUT2D eigenvalue weighted by atomic mass is 9.99. The number of carbonyl (C=O) groups excluding carboxylic acids is 1. The minimum atomic E-state index is -1.56. The lowest BCUT2D eigenvalue weighted by Crippen LogP contribution is -2.60. The van der Waals surface area contributed by atoms with Gasteiger partial charge in [0.25, 0.3) is 0 Å². The van der Waals surface area contributed by atoms with Crippen molar-refractivity contribution in [3.8, 4) is 0 Å². The molecule has 68 heavy (non-hydrogen) atoms. The molecule has 0 radical (unpaired) electrons. The van der Waals surface area contributed by atoms with Crippen molar-refractivity contribution in [3.05, 3.63) is 36.5 Å². The Kier molecular flexibility index (Phi) is 46.4. The predicted molar refractivity (Wildman–Crippen MR) is 286 cm³/mol. The molecular weight excluding hydrogens is 851 g/mol. The molecule has 9 heteroatoms. The minimum Gasteiger partial charge on any atom is -0.394 e. The van der Waals surface area contributed by atoms with Crippen LogP contribution in [-0.4, -0.2) is 87.5 Å². The van der Waals surface area contributed by atoms with Gasteiger partial charge in [0.05, 0.1) is 25.4 Å². The van der Waals surface area contributed by atoms with Gasteiger partial charge >= 0.3 is 0 Å². The van der Waals surface area contributed by atoms with E-state index in [-0.39, 0.29) is 12.5 Å². The summed E-state index contributed by atoms with van der Waals surface area (Å²) in [5, 5.41) is 54.4. The number of amides is 1. The van der Waals surface area contributed by atoms with Crippen LogP contribution in [0.2, 0.25) is 0 Å². The van der Waals surface area contributed by atoms with Crippen LogP contribution < -0.4 is 5.32 Å². The smallest absolute Gasteiger partial charge is 0.220 e. The Morgan fingerprint density at radius 3 is 1.26 bits per heavy atom. The molecule has 1 heterocycles. The average molecular weight is 963 g/mol. The number of aliphatic hydroxyl groups excluding tert-OH is 5. The number of hydrogen-bond donors (Lipinski definition) is 6. The molecule has 0 bridgehead atoms. The maximum atomic E-state index is 13.0. The van der Waals surface area contributed by atoms with Gasteiger partial charge in [0.2, 0.25) is 5.91 Å². The third-order valence-corrected chi connectivity index (χ3v) is 14.0. The standard InChI is InChI=1S/C59H111NO8/c1-3-5-7-9-11-13-15-17-19-20-21-22-23-24-25-26-27-28-29-30-31-32-33-34-35-37-39-41-43-45-47-49-55(63)60-52(51-67-59-58(66)57(65)56(64)54(50-61)68-59)53(62)48-46-44-42-40-38-36-18-16-14-12-10-8-6-4-2/h15,17,20-21,46,48,52-54,56-59,61-62,64-66H,3-14,16,18-19,22-45,47,49-51H2,1-2H3,(H,60,63)/b17-15-,21-20-,48-46+. The van der Waals surface area contributed by atoms with Crippen molar-refractivity contribution in [2.45, 2.75) is 320 Å². The van der Waals surface area contributed by atoms with Gasteiger partial charge in [-0.05, 0) is 51.4 Å². The highest BCUT2D eigenvalue weighted by Crippen LogP contribution is 2.23. The fourth-order valence-corrected chi connectivity index (χ4v) is 9.31. The summed E-state index contributed by atoms with van der Waals surface area (Å²) in [7, 11) is 0. The Labute approximate surface area is 419 Å². The molecular formula is C59H111NO8. The highest BCUT2D eigenvalue weighted by atomic mass is 16.7. The zero-order valence-corrected chi connectivity index (χ0v) is 44.4. The molecule has 0 aliphatic carbocycles. The summed E-state index contributed by atoms with van der Waals surface area (Å²) in [5.41, 5.74) is 0. The molecule has 0 spiro atoms. The zero-order chi connectivity index (χ0) is 49.4. The van der Waals surface area contributed by atoms with Crippen molar-refractivity contribution in [1.82, 2.24) is 5.32 Å². The van der Waals surface area contributed by atoms with E-state index in [2.05, 4.69) is 43.5 Å².